The van der Waals surface area contributed by atoms with Crippen LogP contribution < -0.4 is 5.32 Å². The molecule has 4 nitrogen and oxygen atoms in total. The van der Waals surface area contributed by atoms with E-state index in [0.717, 1.165) is 42.9 Å². The minimum Gasteiger partial charge on any atom is -0.349 e. The fourth-order valence-electron chi connectivity index (χ4n) is 2.84. The second kappa shape index (κ2) is 6.67. The predicted molar refractivity (Wildman–Crippen MR) is 85.6 cm³/mol. The molecule has 1 aliphatic carbocycles. The van der Waals surface area contributed by atoms with Crippen LogP contribution in [0.4, 0.5) is 0 Å². The van der Waals surface area contributed by atoms with Crippen molar-refractivity contribution in [3.8, 4) is 0 Å². The zero-order valence-electron chi connectivity index (χ0n) is 12.2. The second-order valence-electron chi connectivity index (χ2n) is 5.60. The van der Waals surface area contributed by atoms with Crippen LogP contribution in [0.3, 0.4) is 0 Å². The minimum absolute atomic E-state index is 0.0593. The molecule has 0 bridgehead atoms. The van der Waals surface area contributed by atoms with Crippen molar-refractivity contribution in [2.24, 2.45) is 5.92 Å². The van der Waals surface area contributed by atoms with Gasteiger partial charge in [0.1, 0.15) is 4.21 Å². The summed E-state index contributed by atoms with van der Waals surface area (Å²) in [7, 11) is 1.58. The maximum Gasteiger partial charge on any atom is 0.271 e. The molecule has 0 unspecified atom stereocenters. The van der Waals surface area contributed by atoms with E-state index >= 15 is 0 Å². The van der Waals surface area contributed by atoms with Gasteiger partial charge >= 0.3 is 0 Å². The number of hydrogen-bond acceptors (Lipinski definition) is 4. The van der Waals surface area contributed by atoms with E-state index in [0.29, 0.717) is 11.1 Å². The molecule has 0 atom stereocenters. The van der Waals surface area contributed by atoms with Crippen LogP contribution in [0, 0.1) is 12.8 Å². The van der Waals surface area contributed by atoms with Crippen molar-refractivity contribution in [1.29, 1.82) is 0 Å². The number of rotatable bonds is 4. The molecule has 1 saturated carbocycles. The summed E-state index contributed by atoms with van der Waals surface area (Å²) in [6.45, 7) is 3.82. The van der Waals surface area contributed by atoms with Crippen LogP contribution in [-0.2, 0) is 9.05 Å². The summed E-state index contributed by atoms with van der Waals surface area (Å²) in [5, 5.41) is 4.58. The number of halogens is 1. The highest BCUT2D eigenvalue weighted by atomic mass is 35.7. The molecule has 0 aliphatic heterocycles. The Bertz CT molecular complexity index is 616. The molecular formula is C14H20ClNO3S2. The fourth-order valence-corrected chi connectivity index (χ4v) is 5.39. The van der Waals surface area contributed by atoms with E-state index in [1.165, 1.54) is 6.42 Å². The molecule has 1 N–H and O–H groups in total. The lowest BCUT2D eigenvalue weighted by Crippen LogP contribution is -2.37. The smallest absolute Gasteiger partial charge is 0.271 e. The molecule has 1 amide bonds. The van der Waals surface area contributed by atoms with Crippen molar-refractivity contribution in [3.05, 3.63) is 16.5 Å². The van der Waals surface area contributed by atoms with Crippen LogP contribution in [0.15, 0.2) is 9.59 Å². The SMILES string of the molecule is CCC1CCC(NC(=O)c2csc(S(=O)(=O)Cl)c2C)CC1. The molecule has 0 spiro atoms. The lowest BCUT2D eigenvalue weighted by Gasteiger charge is -2.28. The molecule has 1 aromatic heterocycles. The Kier molecular flexibility index (Phi) is 5.33. The Balaban J connectivity index is 2.03. The highest BCUT2D eigenvalue weighted by Gasteiger charge is 2.25. The standard InChI is InChI=1S/C14H20ClNO3S2/c1-3-10-4-6-11(7-5-10)16-13(17)12-8-20-14(9(12)2)21(15,18)19/h8,10-11H,3-7H2,1-2H3,(H,16,17). The molecule has 1 heterocycles. The van der Waals surface area contributed by atoms with Gasteiger partial charge in [-0.05, 0) is 44.1 Å². The van der Waals surface area contributed by atoms with Gasteiger partial charge in [-0.25, -0.2) is 8.42 Å². The lowest BCUT2D eigenvalue weighted by atomic mass is 9.84. The first-order valence-electron chi connectivity index (χ1n) is 7.16. The molecular weight excluding hydrogens is 330 g/mol. The van der Waals surface area contributed by atoms with Gasteiger partial charge in [-0.2, -0.15) is 0 Å². The van der Waals surface area contributed by atoms with Crippen molar-refractivity contribution >= 4 is 37.0 Å². The highest BCUT2D eigenvalue weighted by Crippen LogP contribution is 2.30. The predicted octanol–water partition coefficient (Wildman–Crippen LogP) is 3.68. The number of hydrogen-bond donors (Lipinski definition) is 1. The fraction of sp³-hybridized carbons (Fsp3) is 0.643. The van der Waals surface area contributed by atoms with E-state index in [4.69, 9.17) is 10.7 Å². The zero-order valence-corrected chi connectivity index (χ0v) is 14.6. The quantitative estimate of drug-likeness (QED) is 0.843. The summed E-state index contributed by atoms with van der Waals surface area (Å²) in [4.78, 5) is 12.3. The number of carbonyl (C=O) groups is 1. The van der Waals surface area contributed by atoms with Crippen LogP contribution in [0.1, 0.15) is 54.9 Å². The molecule has 7 heteroatoms. The average Bonchev–Trinajstić information content (AvgIpc) is 2.81. The van der Waals surface area contributed by atoms with Gasteiger partial charge in [0.05, 0.1) is 5.56 Å². The third kappa shape index (κ3) is 3.99. The van der Waals surface area contributed by atoms with Crippen molar-refractivity contribution < 1.29 is 13.2 Å². The number of carbonyl (C=O) groups excluding carboxylic acids is 1. The van der Waals surface area contributed by atoms with E-state index in [1.54, 1.807) is 12.3 Å². The van der Waals surface area contributed by atoms with E-state index in [2.05, 4.69) is 12.2 Å². The summed E-state index contributed by atoms with van der Waals surface area (Å²) in [5.41, 5.74) is 0.853. The Labute approximate surface area is 134 Å². The van der Waals surface area contributed by atoms with Gasteiger partial charge in [-0.15, -0.1) is 11.3 Å². The average molecular weight is 350 g/mol. The van der Waals surface area contributed by atoms with Crippen molar-refractivity contribution in [3.63, 3.8) is 0 Å². The van der Waals surface area contributed by atoms with Crippen molar-refractivity contribution in [2.75, 3.05) is 0 Å². The zero-order chi connectivity index (χ0) is 15.6. The van der Waals surface area contributed by atoms with Crippen LogP contribution >= 0.6 is 22.0 Å². The molecule has 21 heavy (non-hydrogen) atoms. The van der Waals surface area contributed by atoms with Crippen LogP contribution in [0.25, 0.3) is 0 Å². The molecule has 1 aliphatic rings. The molecule has 2 rings (SSSR count). The summed E-state index contributed by atoms with van der Waals surface area (Å²) < 4.78 is 22.8. The largest absolute Gasteiger partial charge is 0.349 e. The Morgan fingerprint density at radius 2 is 2.00 bits per heavy atom. The Morgan fingerprint density at radius 1 is 1.38 bits per heavy atom. The highest BCUT2D eigenvalue weighted by molar-refractivity contribution is 8.15. The summed E-state index contributed by atoms with van der Waals surface area (Å²) >= 11 is 0.997. The van der Waals surface area contributed by atoms with Crippen molar-refractivity contribution in [1.82, 2.24) is 5.32 Å². The third-order valence-electron chi connectivity index (χ3n) is 4.22. The van der Waals surface area contributed by atoms with Crippen LogP contribution in [0.2, 0.25) is 0 Å². The van der Waals surface area contributed by atoms with E-state index in [-0.39, 0.29) is 16.2 Å². The number of nitrogens with one attached hydrogen (secondary N) is 1. The maximum absolute atomic E-state index is 12.3. The van der Waals surface area contributed by atoms with E-state index in [9.17, 15) is 13.2 Å². The van der Waals surface area contributed by atoms with Gasteiger partial charge in [0.2, 0.25) is 0 Å². The van der Waals surface area contributed by atoms with Crippen molar-refractivity contribution in [2.45, 2.75) is 56.2 Å². The minimum atomic E-state index is -3.78. The molecule has 0 radical (unpaired) electrons. The normalized spacial score (nSPS) is 23.0. The summed E-state index contributed by atoms with van der Waals surface area (Å²) in [6.07, 6.45) is 5.47. The molecule has 0 aromatic carbocycles. The molecule has 1 fully saturated rings. The first kappa shape index (κ1) is 16.8. The van der Waals surface area contributed by atoms with E-state index < -0.39 is 9.05 Å². The Morgan fingerprint density at radius 3 is 2.48 bits per heavy atom. The monoisotopic (exact) mass is 349 g/mol. The van der Waals surface area contributed by atoms with E-state index in [1.807, 2.05) is 0 Å². The van der Waals surface area contributed by atoms with Gasteiger partial charge in [0.15, 0.2) is 0 Å². The summed E-state index contributed by atoms with van der Waals surface area (Å²) in [6, 6.07) is 0.190. The second-order valence-corrected chi connectivity index (χ2v) is 9.24. The van der Waals surface area contributed by atoms with Gasteiger partial charge in [-0.3, -0.25) is 4.79 Å². The number of amides is 1. The third-order valence-corrected chi connectivity index (χ3v) is 7.53. The van der Waals surface area contributed by atoms with Crippen LogP contribution in [0.5, 0.6) is 0 Å². The van der Waals surface area contributed by atoms with Gasteiger partial charge in [-0.1, -0.05) is 13.3 Å². The van der Waals surface area contributed by atoms with Gasteiger partial charge in [0.25, 0.3) is 15.0 Å². The Hall–Kier alpha value is -0.590. The van der Waals surface area contributed by atoms with Crippen LogP contribution in [-0.4, -0.2) is 20.4 Å². The molecule has 118 valence electrons. The first-order chi connectivity index (χ1) is 9.82. The molecule has 0 saturated heterocycles. The summed E-state index contributed by atoms with van der Waals surface area (Å²) in [5.74, 6) is 0.573. The number of thiophene rings is 1. The first-order valence-corrected chi connectivity index (χ1v) is 10.4. The van der Waals surface area contributed by atoms with Gasteiger partial charge in [0, 0.05) is 22.1 Å². The topological polar surface area (TPSA) is 63.2 Å². The maximum atomic E-state index is 12.3. The molecule has 1 aromatic rings. The lowest BCUT2D eigenvalue weighted by molar-refractivity contribution is 0.0921. The van der Waals surface area contributed by atoms with Gasteiger partial charge < -0.3 is 5.32 Å².